The third-order valence-electron chi connectivity index (χ3n) is 11.9. The molecule has 0 fully saturated rings. The Morgan fingerprint density at radius 2 is 0.845 bits per heavy atom. The van der Waals surface area contributed by atoms with E-state index in [0.29, 0.717) is 0 Å². The summed E-state index contributed by atoms with van der Waals surface area (Å²) >= 11 is 0. The molecule has 10 aromatic carbocycles. The Morgan fingerprint density at radius 1 is 0.328 bits per heavy atom. The lowest BCUT2D eigenvalue weighted by Crippen LogP contribution is -2.11. The van der Waals surface area contributed by atoms with Gasteiger partial charge in [-0.3, -0.25) is 0 Å². The van der Waals surface area contributed by atoms with Crippen molar-refractivity contribution in [1.82, 2.24) is 0 Å². The van der Waals surface area contributed by atoms with Crippen LogP contribution in [0.25, 0.3) is 66.1 Å². The number of hydrogen-bond donors (Lipinski definition) is 0. The van der Waals surface area contributed by atoms with Gasteiger partial charge in [0.2, 0.25) is 0 Å². The van der Waals surface area contributed by atoms with Crippen molar-refractivity contribution in [3.8, 4) is 44.5 Å². The van der Waals surface area contributed by atoms with Crippen molar-refractivity contribution < 1.29 is 0 Å². The molecule has 58 heavy (non-hydrogen) atoms. The molecule has 0 saturated heterocycles. The zero-order valence-electron chi connectivity index (χ0n) is 32.0. The molecule has 0 heterocycles. The Balaban J connectivity index is 1.10. The van der Waals surface area contributed by atoms with Crippen LogP contribution in [0, 0.1) is 0 Å². The molecule has 0 aromatic heterocycles. The summed E-state index contributed by atoms with van der Waals surface area (Å²) in [6.07, 6.45) is 0. The maximum Gasteiger partial charge on any atom is 0.0543 e. The summed E-state index contributed by atoms with van der Waals surface area (Å²) in [5, 5.41) is 5.09. The number of hydrogen-bond acceptors (Lipinski definition) is 1. The van der Waals surface area contributed by atoms with E-state index in [2.05, 4.69) is 235 Å². The van der Waals surface area contributed by atoms with Gasteiger partial charge in [-0.2, -0.15) is 0 Å². The first kappa shape index (κ1) is 33.8. The molecule has 0 amide bonds. The minimum absolute atomic E-state index is 0.118. The fourth-order valence-electron chi connectivity index (χ4n) is 9.34. The van der Waals surface area contributed by atoms with E-state index >= 15 is 0 Å². The van der Waals surface area contributed by atoms with Crippen LogP contribution in [-0.2, 0) is 0 Å². The van der Waals surface area contributed by atoms with Gasteiger partial charge in [0.05, 0.1) is 5.69 Å². The smallest absolute Gasteiger partial charge is 0.0543 e. The van der Waals surface area contributed by atoms with Crippen LogP contribution in [0.3, 0.4) is 0 Å². The number of benzene rings is 10. The van der Waals surface area contributed by atoms with E-state index in [4.69, 9.17) is 0 Å². The highest BCUT2D eigenvalue weighted by molar-refractivity contribution is 6.07. The highest BCUT2D eigenvalue weighted by atomic mass is 15.1. The van der Waals surface area contributed by atoms with Crippen LogP contribution in [0.4, 0.5) is 17.1 Å². The molecule has 10 aromatic rings. The molecule has 1 aliphatic rings. The quantitative estimate of drug-likeness (QED) is 0.157. The predicted molar refractivity (Wildman–Crippen MR) is 245 cm³/mol. The molecule has 1 atom stereocenters. The van der Waals surface area contributed by atoms with E-state index in [0.717, 1.165) is 11.4 Å². The summed E-state index contributed by atoms with van der Waals surface area (Å²) in [5.74, 6) is 0.118. The van der Waals surface area contributed by atoms with Gasteiger partial charge < -0.3 is 4.90 Å². The van der Waals surface area contributed by atoms with Crippen molar-refractivity contribution >= 4 is 38.6 Å². The molecule has 1 aliphatic carbocycles. The Kier molecular flexibility index (Phi) is 8.30. The lowest BCUT2D eigenvalue weighted by molar-refractivity contribution is 1.03. The van der Waals surface area contributed by atoms with Gasteiger partial charge in [0.25, 0.3) is 0 Å². The van der Waals surface area contributed by atoms with Crippen LogP contribution in [0.1, 0.15) is 22.6 Å². The lowest BCUT2D eigenvalue weighted by atomic mass is 9.87. The maximum absolute atomic E-state index is 2.46. The molecule has 11 rings (SSSR count). The Bertz CT molecular complexity index is 3070. The topological polar surface area (TPSA) is 3.24 Å². The lowest BCUT2D eigenvalue weighted by Gasteiger charge is -2.28. The van der Waals surface area contributed by atoms with Gasteiger partial charge in [0.15, 0.2) is 0 Å². The van der Waals surface area contributed by atoms with Gasteiger partial charge >= 0.3 is 0 Å². The number of nitrogens with zero attached hydrogens (tertiary/aromatic N) is 1. The summed E-state index contributed by atoms with van der Waals surface area (Å²) in [7, 11) is 0. The van der Waals surface area contributed by atoms with Crippen molar-refractivity contribution in [2.75, 3.05) is 4.90 Å². The molecular weight excluding hydrogens is 699 g/mol. The molecule has 0 N–H and O–H groups in total. The fourth-order valence-corrected chi connectivity index (χ4v) is 9.34. The summed E-state index contributed by atoms with van der Waals surface area (Å²) in [6.45, 7) is 0. The van der Waals surface area contributed by atoms with Gasteiger partial charge in [-0.15, -0.1) is 0 Å². The van der Waals surface area contributed by atoms with Crippen LogP contribution in [0.5, 0.6) is 0 Å². The first-order chi connectivity index (χ1) is 28.8. The van der Waals surface area contributed by atoms with Gasteiger partial charge in [-0.25, -0.2) is 0 Å². The van der Waals surface area contributed by atoms with Crippen LogP contribution >= 0.6 is 0 Å². The van der Waals surface area contributed by atoms with E-state index < -0.39 is 0 Å². The third-order valence-corrected chi connectivity index (χ3v) is 11.9. The van der Waals surface area contributed by atoms with Crippen molar-refractivity contribution in [1.29, 1.82) is 0 Å². The van der Waals surface area contributed by atoms with Crippen LogP contribution in [0.15, 0.2) is 231 Å². The highest BCUT2D eigenvalue weighted by Gasteiger charge is 2.35. The minimum atomic E-state index is 0.118. The molecule has 1 heteroatoms. The minimum Gasteiger partial charge on any atom is -0.310 e. The average molecular weight is 738 g/mol. The predicted octanol–water partition coefficient (Wildman–Crippen LogP) is 15.6. The van der Waals surface area contributed by atoms with E-state index in [1.165, 1.54) is 88.4 Å². The maximum atomic E-state index is 2.46. The molecule has 0 bridgehead atoms. The van der Waals surface area contributed by atoms with E-state index in [1.807, 2.05) is 0 Å². The monoisotopic (exact) mass is 737 g/mol. The van der Waals surface area contributed by atoms with Crippen LogP contribution in [-0.4, -0.2) is 0 Å². The summed E-state index contributed by atoms with van der Waals surface area (Å²) < 4.78 is 0. The van der Waals surface area contributed by atoms with Gasteiger partial charge in [0, 0.05) is 22.9 Å². The van der Waals surface area contributed by atoms with Crippen LogP contribution < -0.4 is 4.90 Å². The Hall–Kier alpha value is -7.48. The first-order valence-electron chi connectivity index (χ1n) is 20.1. The molecule has 0 spiro atoms. The normalized spacial score (nSPS) is 13.0. The summed E-state index contributed by atoms with van der Waals surface area (Å²) in [6, 6.07) is 84.4. The van der Waals surface area contributed by atoms with Crippen molar-refractivity contribution in [2.24, 2.45) is 0 Å². The second kappa shape index (κ2) is 14.2. The largest absolute Gasteiger partial charge is 0.310 e. The Labute approximate surface area is 339 Å². The van der Waals surface area contributed by atoms with E-state index in [-0.39, 0.29) is 5.92 Å². The standard InChI is InChI=1S/C57H39N/c1-4-15-39(16-5-1)40-29-34-46(35-30-40)58(47-36-31-43(32-37-47)49-26-13-23-44-22-12-25-48(54(44)49)41-17-6-2-7-18-41)53-28-14-27-51-55(45-20-8-3-9-21-45)57-50-24-11-10-19-42(50)33-38-52(57)56(51)53/h1-38,55H. The second-order valence-corrected chi connectivity index (χ2v) is 15.2. The van der Waals surface area contributed by atoms with Crippen molar-refractivity contribution in [3.63, 3.8) is 0 Å². The van der Waals surface area contributed by atoms with Gasteiger partial charge in [0.1, 0.15) is 0 Å². The molecule has 1 unspecified atom stereocenters. The number of anilines is 3. The Morgan fingerprint density at radius 3 is 1.52 bits per heavy atom. The second-order valence-electron chi connectivity index (χ2n) is 15.2. The third kappa shape index (κ3) is 5.71. The van der Waals surface area contributed by atoms with E-state index in [1.54, 1.807) is 0 Å². The molecule has 0 radical (unpaired) electrons. The summed E-state index contributed by atoms with van der Waals surface area (Å²) in [4.78, 5) is 2.46. The van der Waals surface area contributed by atoms with Gasteiger partial charge in [-0.05, 0) is 108 Å². The van der Waals surface area contributed by atoms with Crippen molar-refractivity contribution in [2.45, 2.75) is 5.92 Å². The molecule has 0 saturated carbocycles. The van der Waals surface area contributed by atoms with E-state index in [9.17, 15) is 0 Å². The van der Waals surface area contributed by atoms with Crippen LogP contribution in [0.2, 0.25) is 0 Å². The molecule has 0 aliphatic heterocycles. The summed E-state index contributed by atoms with van der Waals surface area (Å²) in [5.41, 5.74) is 17.3. The highest BCUT2D eigenvalue weighted by Crippen LogP contribution is 2.55. The van der Waals surface area contributed by atoms with Crippen molar-refractivity contribution in [3.05, 3.63) is 247 Å². The average Bonchev–Trinajstić information content (AvgIpc) is 3.66. The zero-order chi connectivity index (χ0) is 38.4. The molecular formula is C57H39N. The zero-order valence-corrected chi connectivity index (χ0v) is 32.0. The van der Waals surface area contributed by atoms with Gasteiger partial charge in [-0.1, -0.05) is 200 Å². The SMILES string of the molecule is c1ccc(-c2ccc(N(c3ccc(-c4cccc5cccc(-c6ccccc6)c45)cc3)c3cccc4c3-c3ccc5ccccc5c3C4c3ccccc3)cc2)cc1. The molecule has 1 nitrogen and oxygen atoms in total. The first-order valence-corrected chi connectivity index (χ1v) is 20.1. The molecule has 272 valence electrons. The fraction of sp³-hybridized carbons (Fsp3) is 0.0175. The number of rotatable bonds is 7. The number of fused-ring (bicyclic) bond motifs is 6.